The normalized spacial score (nSPS) is 31.4. The standard InChI is InChI=1S/C22H22O8/c1-8-6-11(24)13-14-12(8)19-22(29,20(4,5)10(3)30-19)18(27)15(14)17(26)21(28,16(13)25)7-9(2)23/h6,10,24,28-29H,7H2,1-5H3/t10-,21+,22+/m1/s1. The number of ketones is 4. The Labute approximate surface area is 171 Å². The van der Waals surface area contributed by atoms with Crippen LogP contribution >= 0.6 is 0 Å². The van der Waals surface area contributed by atoms with Gasteiger partial charge >= 0.3 is 0 Å². The molecule has 1 aliphatic heterocycles. The molecular weight excluding hydrogens is 392 g/mol. The first-order valence-corrected chi connectivity index (χ1v) is 9.58. The largest absolute Gasteiger partial charge is 0.507 e. The Morgan fingerprint density at radius 1 is 1.10 bits per heavy atom. The number of carbonyl (C=O) groups is 4. The second-order valence-corrected chi connectivity index (χ2v) is 8.96. The summed E-state index contributed by atoms with van der Waals surface area (Å²) in [5, 5.41) is 33.0. The summed E-state index contributed by atoms with van der Waals surface area (Å²) < 4.78 is 5.87. The molecule has 1 fully saturated rings. The molecule has 2 aliphatic carbocycles. The van der Waals surface area contributed by atoms with E-state index in [4.69, 9.17) is 4.74 Å². The first kappa shape index (κ1) is 20.4. The van der Waals surface area contributed by atoms with E-state index in [1.165, 1.54) is 6.07 Å². The minimum absolute atomic E-state index is 0.0832. The summed E-state index contributed by atoms with van der Waals surface area (Å²) in [7, 11) is 0. The van der Waals surface area contributed by atoms with Crippen molar-refractivity contribution in [3.05, 3.63) is 27.6 Å². The van der Waals surface area contributed by atoms with Gasteiger partial charge in [-0.15, -0.1) is 0 Å². The molecule has 0 aromatic heterocycles. The van der Waals surface area contributed by atoms with Crippen molar-refractivity contribution in [2.45, 2.75) is 58.3 Å². The van der Waals surface area contributed by atoms with E-state index in [0.29, 0.717) is 5.56 Å². The molecule has 30 heavy (non-hydrogen) atoms. The van der Waals surface area contributed by atoms with Gasteiger partial charge in [0.05, 0.1) is 11.1 Å². The number of ether oxygens (including phenoxy) is 1. The molecule has 1 heterocycles. The number of benzene rings is 1. The zero-order valence-electron chi connectivity index (χ0n) is 17.2. The van der Waals surface area contributed by atoms with Crippen molar-refractivity contribution in [2.24, 2.45) is 5.41 Å². The van der Waals surface area contributed by atoms with Crippen LogP contribution in [0.25, 0.3) is 11.3 Å². The molecule has 8 heteroatoms. The van der Waals surface area contributed by atoms with Crippen LogP contribution in [-0.4, -0.2) is 55.8 Å². The average Bonchev–Trinajstić information content (AvgIpc) is 2.80. The van der Waals surface area contributed by atoms with Crippen LogP contribution in [0, 0.1) is 12.3 Å². The van der Waals surface area contributed by atoms with Crippen molar-refractivity contribution < 1.29 is 39.2 Å². The molecule has 0 amide bonds. The molecule has 3 N–H and O–H groups in total. The number of aliphatic hydroxyl groups is 2. The number of phenolic OH excluding ortho intramolecular Hbond substituents is 1. The molecule has 3 aliphatic rings. The number of Topliss-reactive ketones (excluding diaryl/α,β-unsaturated/α-hetero) is 4. The molecule has 0 unspecified atom stereocenters. The van der Waals surface area contributed by atoms with E-state index in [9.17, 15) is 34.5 Å². The Morgan fingerprint density at radius 2 is 1.70 bits per heavy atom. The maximum Gasteiger partial charge on any atom is 0.207 e. The zero-order valence-corrected chi connectivity index (χ0v) is 17.2. The van der Waals surface area contributed by atoms with Crippen molar-refractivity contribution >= 4 is 34.5 Å². The topological polar surface area (TPSA) is 138 Å². The van der Waals surface area contributed by atoms with Crippen LogP contribution < -0.4 is 10.4 Å². The van der Waals surface area contributed by atoms with Gasteiger partial charge in [-0.3, -0.25) is 19.2 Å². The van der Waals surface area contributed by atoms with Gasteiger partial charge in [0, 0.05) is 22.3 Å². The van der Waals surface area contributed by atoms with Crippen LogP contribution in [0.5, 0.6) is 5.75 Å². The van der Waals surface area contributed by atoms with Crippen molar-refractivity contribution in [3.8, 4) is 5.75 Å². The van der Waals surface area contributed by atoms with Crippen LogP contribution in [0.15, 0.2) is 6.07 Å². The van der Waals surface area contributed by atoms with Gasteiger partial charge in [0.25, 0.3) is 0 Å². The van der Waals surface area contributed by atoms with E-state index in [2.05, 4.69) is 0 Å². The van der Waals surface area contributed by atoms with Crippen LogP contribution in [0.4, 0.5) is 0 Å². The number of aromatic hydroxyl groups is 1. The van der Waals surface area contributed by atoms with Crippen molar-refractivity contribution in [2.75, 3.05) is 0 Å². The summed E-state index contributed by atoms with van der Waals surface area (Å²) in [6.07, 6.45) is -1.47. The lowest BCUT2D eigenvalue weighted by atomic mass is 9.63. The molecule has 4 rings (SSSR count). The van der Waals surface area contributed by atoms with Crippen molar-refractivity contribution in [3.63, 3.8) is 0 Å². The predicted molar refractivity (Wildman–Crippen MR) is 103 cm³/mol. The number of fused-ring (bicyclic) bond motifs is 1. The monoisotopic (exact) mass is 414 g/mol. The van der Waals surface area contributed by atoms with Gasteiger partial charge in [0.2, 0.25) is 17.3 Å². The summed E-state index contributed by atoms with van der Waals surface area (Å²) in [6.45, 7) is 7.58. The highest BCUT2D eigenvalue weighted by Gasteiger charge is 2.67. The van der Waals surface area contributed by atoms with Crippen molar-refractivity contribution in [1.82, 2.24) is 0 Å². The summed E-state index contributed by atoms with van der Waals surface area (Å²) in [5.74, 6) is -4.71. The Morgan fingerprint density at radius 3 is 2.27 bits per heavy atom. The van der Waals surface area contributed by atoms with Gasteiger partial charge < -0.3 is 20.1 Å². The van der Waals surface area contributed by atoms with E-state index in [-0.39, 0.29) is 16.2 Å². The summed E-state index contributed by atoms with van der Waals surface area (Å²) >= 11 is 0. The van der Waals surface area contributed by atoms with E-state index < -0.39 is 69.2 Å². The minimum atomic E-state index is -2.84. The van der Waals surface area contributed by atoms with Gasteiger partial charge in [-0.1, -0.05) is 13.8 Å². The second kappa shape index (κ2) is 5.65. The highest BCUT2D eigenvalue weighted by molar-refractivity contribution is 6.52. The smallest absolute Gasteiger partial charge is 0.207 e. The first-order chi connectivity index (χ1) is 13.7. The first-order valence-electron chi connectivity index (χ1n) is 9.58. The summed E-state index contributed by atoms with van der Waals surface area (Å²) in [4.78, 5) is 51.7. The molecule has 8 nitrogen and oxygen atoms in total. The summed E-state index contributed by atoms with van der Waals surface area (Å²) in [6, 6.07) is 1.25. The minimum Gasteiger partial charge on any atom is -0.507 e. The lowest BCUT2D eigenvalue weighted by Crippen LogP contribution is -2.65. The average molecular weight is 414 g/mol. The fraction of sp³-hybridized carbons (Fsp3) is 0.455. The van der Waals surface area contributed by atoms with Gasteiger partial charge in [-0.05, 0) is 32.4 Å². The highest BCUT2D eigenvalue weighted by atomic mass is 16.5. The predicted octanol–water partition coefficient (Wildman–Crippen LogP) is -0.806. The molecule has 0 spiro atoms. The van der Waals surface area contributed by atoms with Crippen LogP contribution in [-0.2, 0) is 19.1 Å². The van der Waals surface area contributed by atoms with Gasteiger partial charge in [0.1, 0.15) is 23.4 Å². The lowest BCUT2D eigenvalue weighted by Gasteiger charge is -2.39. The SMILES string of the molecule is CC(=O)C[C@@]1(O)C(=O)C2=c3c(c(O)cc(C)c3=C3O[C@H](C)C(C)(C)[C@]3(O)C2=O)C1=O. The number of aryl methyl sites for hydroxylation is 1. The quantitative estimate of drug-likeness (QED) is 0.535. The molecule has 0 bridgehead atoms. The molecule has 0 radical (unpaired) electrons. The van der Waals surface area contributed by atoms with Crippen molar-refractivity contribution in [1.29, 1.82) is 0 Å². The molecular formula is C22H22O8. The zero-order chi connectivity index (χ0) is 22.5. The number of carbonyl (C=O) groups excluding carboxylic acids is 4. The fourth-order valence-electron chi connectivity index (χ4n) is 4.75. The highest BCUT2D eigenvalue weighted by Crippen LogP contribution is 2.52. The molecule has 158 valence electrons. The van der Waals surface area contributed by atoms with Crippen LogP contribution in [0.1, 0.15) is 50.0 Å². The van der Waals surface area contributed by atoms with E-state index in [1.807, 2.05) is 0 Å². The number of hydrogen-bond donors (Lipinski definition) is 3. The third-order valence-electron chi connectivity index (χ3n) is 6.82. The Kier molecular flexibility index (Phi) is 3.85. The Bertz CT molecular complexity index is 1220. The third-order valence-corrected chi connectivity index (χ3v) is 6.82. The fourth-order valence-corrected chi connectivity index (χ4v) is 4.75. The van der Waals surface area contributed by atoms with E-state index in [0.717, 1.165) is 6.92 Å². The molecule has 1 aromatic rings. The maximum absolute atomic E-state index is 13.6. The van der Waals surface area contributed by atoms with Crippen LogP contribution in [0.2, 0.25) is 0 Å². The Hall–Kier alpha value is -2.84. The molecule has 1 saturated heterocycles. The second-order valence-electron chi connectivity index (χ2n) is 8.96. The van der Waals surface area contributed by atoms with Gasteiger partial charge in [0.15, 0.2) is 11.2 Å². The molecule has 0 saturated carbocycles. The molecule has 3 atom stereocenters. The van der Waals surface area contributed by atoms with E-state index >= 15 is 0 Å². The lowest BCUT2D eigenvalue weighted by molar-refractivity contribution is -0.139. The van der Waals surface area contributed by atoms with Gasteiger partial charge in [-0.2, -0.15) is 0 Å². The van der Waals surface area contributed by atoms with E-state index in [1.54, 1.807) is 27.7 Å². The van der Waals surface area contributed by atoms with Gasteiger partial charge in [-0.25, -0.2) is 0 Å². The molecule has 1 aromatic carbocycles. The Balaban J connectivity index is 2.26. The maximum atomic E-state index is 13.6. The summed E-state index contributed by atoms with van der Waals surface area (Å²) in [5.41, 5.74) is -6.85. The number of rotatable bonds is 2. The van der Waals surface area contributed by atoms with Crippen LogP contribution in [0.3, 0.4) is 0 Å². The third kappa shape index (κ3) is 2.03. The number of phenols is 1. The number of hydrogen-bond acceptors (Lipinski definition) is 8.